The van der Waals surface area contributed by atoms with Gasteiger partial charge in [0.25, 0.3) is 0 Å². The third-order valence-electron chi connectivity index (χ3n) is 3.34. The minimum absolute atomic E-state index is 0.117. The lowest BCUT2D eigenvalue weighted by atomic mass is 9.79. The quantitative estimate of drug-likeness (QED) is 0.739. The Bertz CT molecular complexity index is 302. The molecule has 0 aromatic carbocycles. The Morgan fingerprint density at radius 1 is 1.36 bits per heavy atom. The van der Waals surface area contributed by atoms with Gasteiger partial charge >= 0.3 is 0 Å². The molecule has 1 heterocycles. The van der Waals surface area contributed by atoms with E-state index in [0.29, 0.717) is 0 Å². The van der Waals surface area contributed by atoms with Crippen molar-refractivity contribution >= 4 is 0 Å². The average Bonchev–Trinajstić information content (AvgIpc) is 2.48. The highest BCUT2D eigenvalue weighted by atomic mass is 15.3. The molecule has 1 aliphatic carbocycles. The van der Waals surface area contributed by atoms with E-state index in [1.54, 1.807) is 0 Å². The second-order valence-electron chi connectivity index (χ2n) is 4.52. The monoisotopic (exact) mass is 193 g/mol. The summed E-state index contributed by atoms with van der Waals surface area (Å²) in [7, 11) is 1.99. The molecular weight excluding hydrogens is 174 g/mol. The van der Waals surface area contributed by atoms with E-state index < -0.39 is 0 Å². The molecule has 78 valence electrons. The molecule has 2 N–H and O–H groups in total. The first-order valence-electron chi connectivity index (χ1n) is 5.41. The predicted octanol–water partition coefficient (Wildman–Crippen LogP) is 1.85. The van der Waals surface area contributed by atoms with Gasteiger partial charge in [0.05, 0.1) is 17.4 Å². The van der Waals surface area contributed by atoms with E-state index >= 15 is 0 Å². The summed E-state index contributed by atoms with van der Waals surface area (Å²) in [6.07, 6.45) is 7.96. The number of aromatic nitrogens is 2. The van der Waals surface area contributed by atoms with Gasteiger partial charge in [0.1, 0.15) is 0 Å². The highest BCUT2D eigenvalue weighted by Crippen LogP contribution is 2.35. The molecule has 0 amide bonds. The van der Waals surface area contributed by atoms with Gasteiger partial charge in [-0.05, 0) is 25.3 Å². The van der Waals surface area contributed by atoms with E-state index in [1.807, 2.05) is 17.9 Å². The van der Waals surface area contributed by atoms with E-state index in [9.17, 15) is 0 Å². The van der Waals surface area contributed by atoms with Crippen molar-refractivity contribution in [3.8, 4) is 0 Å². The first-order valence-corrected chi connectivity index (χ1v) is 5.41. The fraction of sp³-hybridized carbons (Fsp3) is 0.727. The lowest BCUT2D eigenvalue weighted by Gasteiger charge is -2.34. The topological polar surface area (TPSA) is 43.8 Å². The molecule has 3 nitrogen and oxygen atoms in total. The van der Waals surface area contributed by atoms with Gasteiger partial charge in [-0.25, -0.2) is 0 Å². The molecule has 2 rings (SSSR count). The summed E-state index contributed by atoms with van der Waals surface area (Å²) in [5.74, 6) is 0. The van der Waals surface area contributed by atoms with Crippen molar-refractivity contribution in [2.75, 3.05) is 0 Å². The molecule has 0 spiro atoms. The van der Waals surface area contributed by atoms with E-state index in [2.05, 4.69) is 12.0 Å². The van der Waals surface area contributed by atoms with Crippen LogP contribution in [0.4, 0.5) is 0 Å². The molecule has 1 fully saturated rings. The van der Waals surface area contributed by atoms with Gasteiger partial charge in [-0.15, -0.1) is 0 Å². The SMILES string of the molecule is Cc1cnn(C)c1C1(N)CCCCC1. The van der Waals surface area contributed by atoms with Gasteiger partial charge in [-0.3, -0.25) is 4.68 Å². The largest absolute Gasteiger partial charge is 0.320 e. The zero-order chi connectivity index (χ0) is 10.2. The maximum atomic E-state index is 6.47. The number of nitrogens with zero attached hydrogens (tertiary/aromatic N) is 2. The Morgan fingerprint density at radius 2 is 2.00 bits per heavy atom. The van der Waals surface area contributed by atoms with Crippen LogP contribution in [0, 0.1) is 6.92 Å². The van der Waals surface area contributed by atoms with Gasteiger partial charge in [0.2, 0.25) is 0 Å². The van der Waals surface area contributed by atoms with Crippen molar-refractivity contribution in [1.82, 2.24) is 9.78 Å². The van der Waals surface area contributed by atoms with Crippen molar-refractivity contribution in [3.05, 3.63) is 17.5 Å². The number of nitrogens with two attached hydrogens (primary N) is 1. The van der Waals surface area contributed by atoms with Crippen molar-refractivity contribution in [2.24, 2.45) is 12.8 Å². The van der Waals surface area contributed by atoms with Gasteiger partial charge in [0.15, 0.2) is 0 Å². The van der Waals surface area contributed by atoms with Crippen LogP contribution in [0.5, 0.6) is 0 Å². The normalized spacial score (nSPS) is 21.1. The van der Waals surface area contributed by atoms with Crippen LogP contribution in [0.2, 0.25) is 0 Å². The van der Waals surface area contributed by atoms with Crippen LogP contribution in [0.25, 0.3) is 0 Å². The summed E-state index contributed by atoms with van der Waals surface area (Å²) in [6, 6.07) is 0. The molecule has 0 radical (unpaired) electrons. The summed E-state index contributed by atoms with van der Waals surface area (Å²) in [5, 5.41) is 4.27. The first-order chi connectivity index (χ1) is 6.63. The third kappa shape index (κ3) is 1.46. The summed E-state index contributed by atoms with van der Waals surface area (Å²) in [4.78, 5) is 0. The standard InChI is InChI=1S/C11H19N3/c1-9-8-13-14(2)10(9)11(12)6-4-3-5-7-11/h8H,3-7,12H2,1-2H3. The van der Waals surface area contributed by atoms with Gasteiger partial charge in [-0.2, -0.15) is 5.10 Å². The van der Waals surface area contributed by atoms with Crippen molar-refractivity contribution in [2.45, 2.75) is 44.6 Å². The maximum absolute atomic E-state index is 6.47. The van der Waals surface area contributed by atoms with Crippen LogP contribution in [0.15, 0.2) is 6.20 Å². The van der Waals surface area contributed by atoms with E-state index in [1.165, 1.54) is 30.5 Å². The maximum Gasteiger partial charge on any atom is 0.0608 e. The molecule has 1 aromatic rings. The zero-order valence-corrected chi connectivity index (χ0v) is 9.08. The molecule has 14 heavy (non-hydrogen) atoms. The van der Waals surface area contributed by atoms with Gasteiger partial charge < -0.3 is 5.73 Å². The number of rotatable bonds is 1. The second-order valence-corrected chi connectivity index (χ2v) is 4.52. The third-order valence-corrected chi connectivity index (χ3v) is 3.34. The van der Waals surface area contributed by atoms with Crippen molar-refractivity contribution in [1.29, 1.82) is 0 Å². The fourth-order valence-corrected chi connectivity index (χ4v) is 2.68. The van der Waals surface area contributed by atoms with Gasteiger partial charge in [0, 0.05) is 7.05 Å². The van der Waals surface area contributed by atoms with Crippen LogP contribution >= 0.6 is 0 Å². The second kappa shape index (κ2) is 3.39. The lowest BCUT2D eigenvalue weighted by Crippen LogP contribution is -2.41. The fourth-order valence-electron chi connectivity index (χ4n) is 2.68. The Balaban J connectivity index is 2.36. The average molecular weight is 193 g/mol. The highest BCUT2D eigenvalue weighted by molar-refractivity contribution is 5.24. The van der Waals surface area contributed by atoms with Crippen molar-refractivity contribution in [3.63, 3.8) is 0 Å². The highest BCUT2D eigenvalue weighted by Gasteiger charge is 2.33. The Morgan fingerprint density at radius 3 is 2.50 bits per heavy atom. The van der Waals surface area contributed by atoms with E-state index in [4.69, 9.17) is 5.73 Å². The molecule has 0 atom stereocenters. The lowest BCUT2D eigenvalue weighted by molar-refractivity contribution is 0.284. The summed E-state index contributed by atoms with van der Waals surface area (Å²) < 4.78 is 1.95. The molecule has 3 heteroatoms. The molecule has 1 saturated carbocycles. The molecule has 0 saturated heterocycles. The number of aryl methyl sites for hydroxylation is 2. The van der Waals surface area contributed by atoms with E-state index in [0.717, 1.165) is 12.8 Å². The smallest absolute Gasteiger partial charge is 0.0608 e. The zero-order valence-electron chi connectivity index (χ0n) is 9.08. The molecule has 1 aliphatic rings. The summed E-state index contributed by atoms with van der Waals surface area (Å²) in [6.45, 7) is 2.10. The molecule has 0 unspecified atom stereocenters. The predicted molar refractivity (Wildman–Crippen MR) is 56.9 cm³/mol. The molecule has 0 bridgehead atoms. The minimum atomic E-state index is -0.117. The Hall–Kier alpha value is -0.830. The number of hydrogen-bond acceptors (Lipinski definition) is 2. The number of hydrogen-bond donors (Lipinski definition) is 1. The molecule has 1 aromatic heterocycles. The van der Waals surface area contributed by atoms with Crippen LogP contribution < -0.4 is 5.73 Å². The molecule has 0 aliphatic heterocycles. The first kappa shape index (κ1) is 9.71. The van der Waals surface area contributed by atoms with Crippen LogP contribution in [0.1, 0.15) is 43.4 Å². The summed E-state index contributed by atoms with van der Waals surface area (Å²) in [5.41, 5.74) is 8.81. The Labute approximate surface area is 85.3 Å². The minimum Gasteiger partial charge on any atom is -0.320 e. The van der Waals surface area contributed by atoms with Crippen molar-refractivity contribution < 1.29 is 0 Å². The summed E-state index contributed by atoms with van der Waals surface area (Å²) >= 11 is 0. The van der Waals surface area contributed by atoms with Crippen LogP contribution in [-0.2, 0) is 12.6 Å². The van der Waals surface area contributed by atoms with Crippen LogP contribution in [0.3, 0.4) is 0 Å². The van der Waals surface area contributed by atoms with Crippen LogP contribution in [-0.4, -0.2) is 9.78 Å². The van der Waals surface area contributed by atoms with E-state index in [-0.39, 0.29) is 5.54 Å². The molecular formula is C11H19N3. The Kier molecular flexibility index (Phi) is 2.35. The van der Waals surface area contributed by atoms with Gasteiger partial charge in [-0.1, -0.05) is 19.3 Å².